The van der Waals surface area contributed by atoms with Gasteiger partial charge in [-0.15, -0.1) is 11.8 Å². The molecule has 26 heavy (non-hydrogen) atoms. The second-order valence-electron chi connectivity index (χ2n) is 6.65. The lowest BCUT2D eigenvalue weighted by Crippen LogP contribution is -2.38. The smallest absolute Gasteiger partial charge is 0.239 e. The highest BCUT2D eigenvalue weighted by molar-refractivity contribution is 8.15. The third-order valence-corrected chi connectivity index (χ3v) is 6.95. The van der Waals surface area contributed by atoms with Gasteiger partial charge in [0.2, 0.25) is 5.91 Å². The molecule has 0 unspecified atom stereocenters. The molecule has 1 aliphatic carbocycles. The molecule has 3 aliphatic rings. The summed E-state index contributed by atoms with van der Waals surface area (Å²) in [5.41, 5.74) is 6.12. The highest BCUT2D eigenvalue weighted by Crippen LogP contribution is 2.47. The van der Waals surface area contributed by atoms with Crippen molar-refractivity contribution in [2.24, 2.45) is 4.99 Å². The van der Waals surface area contributed by atoms with Crippen LogP contribution in [0.4, 0.5) is 0 Å². The van der Waals surface area contributed by atoms with E-state index < -0.39 is 0 Å². The summed E-state index contributed by atoms with van der Waals surface area (Å²) >= 11 is 3.30. The molecule has 5 heteroatoms. The van der Waals surface area contributed by atoms with Crippen molar-refractivity contribution in [2.75, 3.05) is 12.0 Å². The third kappa shape index (κ3) is 2.45. The van der Waals surface area contributed by atoms with E-state index in [0.29, 0.717) is 5.75 Å². The summed E-state index contributed by atoms with van der Waals surface area (Å²) in [6, 6.07) is 17.1. The average molecular weight is 379 g/mol. The Labute approximate surface area is 161 Å². The molecule has 0 bridgehead atoms. The number of amidine groups is 1. The van der Waals surface area contributed by atoms with Gasteiger partial charge in [-0.3, -0.25) is 9.69 Å². The normalized spacial score (nSPS) is 21.3. The summed E-state index contributed by atoms with van der Waals surface area (Å²) < 4.78 is 0. The molecule has 0 spiro atoms. The molecular formula is C21H18N2OS2. The molecule has 3 nitrogen and oxygen atoms in total. The topological polar surface area (TPSA) is 32.7 Å². The first-order valence-electron chi connectivity index (χ1n) is 8.75. The first-order valence-corrected chi connectivity index (χ1v) is 11.0. The Morgan fingerprint density at radius 3 is 2.73 bits per heavy atom. The van der Waals surface area contributed by atoms with Crippen molar-refractivity contribution in [3.63, 3.8) is 0 Å². The fourth-order valence-electron chi connectivity index (χ4n) is 4.03. The van der Waals surface area contributed by atoms with Gasteiger partial charge in [0.25, 0.3) is 0 Å². The van der Waals surface area contributed by atoms with E-state index in [1.54, 1.807) is 23.5 Å². The summed E-state index contributed by atoms with van der Waals surface area (Å²) in [5.74, 6) is 0.651. The first kappa shape index (κ1) is 16.2. The van der Waals surface area contributed by atoms with Gasteiger partial charge >= 0.3 is 0 Å². The molecule has 1 saturated heterocycles. The Morgan fingerprint density at radius 1 is 1.12 bits per heavy atom. The number of rotatable bonds is 2. The molecule has 5 rings (SSSR count). The maximum absolute atomic E-state index is 12.6. The van der Waals surface area contributed by atoms with Gasteiger partial charge in [0.05, 0.1) is 17.5 Å². The summed E-state index contributed by atoms with van der Waals surface area (Å²) in [6.07, 6.45) is 4.04. The Balaban J connectivity index is 1.69. The zero-order chi connectivity index (χ0) is 17.7. The minimum Gasteiger partial charge on any atom is -0.279 e. The van der Waals surface area contributed by atoms with Crippen LogP contribution < -0.4 is 0 Å². The van der Waals surface area contributed by atoms with Crippen molar-refractivity contribution >= 4 is 40.3 Å². The fourth-order valence-corrected chi connectivity index (χ4v) is 5.33. The van der Waals surface area contributed by atoms with Crippen molar-refractivity contribution in [1.82, 2.24) is 4.90 Å². The predicted molar refractivity (Wildman–Crippen MR) is 109 cm³/mol. The van der Waals surface area contributed by atoms with Crippen LogP contribution >= 0.6 is 23.5 Å². The zero-order valence-corrected chi connectivity index (χ0v) is 16.1. The lowest BCUT2D eigenvalue weighted by Gasteiger charge is -2.37. The Bertz CT molecular complexity index is 962. The van der Waals surface area contributed by atoms with Crippen LogP contribution in [0.25, 0.3) is 5.70 Å². The number of carbonyl (C=O) groups excluding carboxylic acids is 1. The summed E-state index contributed by atoms with van der Waals surface area (Å²) in [4.78, 5) is 20.7. The molecule has 2 aromatic carbocycles. The van der Waals surface area contributed by atoms with Crippen LogP contribution in [0.15, 0.2) is 64.0 Å². The van der Waals surface area contributed by atoms with Crippen molar-refractivity contribution in [1.29, 1.82) is 0 Å². The number of hydrogen-bond donors (Lipinski definition) is 0. The number of thioether (sulfide) groups is 2. The highest BCUT2D eigenvalue weighted by atomic mass is 32.2. The molecule has 1 atom stereocenters. The van der Waals surface area contributed by atoms with Gasteiger partial charge in [0.1, 0.15) is 0 Å². The Kier molecular flexibility index (Phi) is 3.94. The average Bonchev–Trinajstić information content (AvgIpc) is 3.07. The number of amides is 1. The van der Waals surface area contributed by atoms with Crippen molar-refractivity contribution in [3.8, 4) is 0 Å². The van der Waals surface area contributed by atoms with Crippen LogP contribution in [0.1, 0.15) is 29.2 Å². The second-order valence-corrected chi connectivity index (χ2v) is 8.48. The van der Waals surface area contributed by atoms with E-state index in [1.807, 2.05) is 4.90 Å². The van der Waals surface area contributed by atoms with E-state index in [-0.39, 0.29) is 11.9 Å². The van der Waals surface area contributed by atoms with Crippen LogP contribution in [0, 0.1) is 0 Å². The van der Waals surface area contributed by atoms with Gasteiger partial charge < -0.3 is 0 Å². The minimum atomic E-state index is -0.0238. The van der Waals surface area contributed by atoms with Gasteiger partial charge in [-0.25, -0.2) is 4.99 Å². The summed E-state index contributed by atoms with van der Waals surface area (Å²) in [6.45, 7) is 0. The van der Waals surface area contributed by atoms with Crippen molar-refractivity contribution in [3.05, 3.63) is 70.8 Å². The van der Waals surface area contributed by atoms with E-state index in [1.165, 1.54) is 27.2 Å². The first-order chi connectivity index (χ1) is 12.8. The van der Waals surface area contributed by atoms with Crippen LogP contribution in [0.5, 0.6) is 0 Å². The maximum Gasteiger partial charge on any atom is 0.239 e. The molecule has 0 radical (unpaired) electrons. The second kappa shape index (κ2) is 6.32. The lowest BCUT2D eigenvalue weighted by molar-refractivity contribution is -0.125. The zero-order valence-electron chi connectivity index (χ0n) is 14.4. The lowest BCUT2D eigenvalue weighted by atomic mass is 9.82. The third-order valence-electron chi connectivity index (χ3n) is 5.27. The Hall–Kier alpha value is -1.98. The van der Waals surface area contributed by atoms with Gasteiger partial charge in [0, 0.05) is 10.5 Å². The largest absolute Gasteiger partial charge is 0.279 e. The van der Waals surface area contributed by atoms with Crippen LogP contribution in [-0.4, -0.2) is 28.0 Å². The van der Waals surface area contributed by atoms with Gasteiger partial charge in [-0.05, 0) is 47.9 Å². The molecule has 1 fully saturated rings. The van der Waals surface area contributed by atoms with E-state index in [4.69, 9.17) is 4.99 Å². The molecule has 0 aromatic heterocycles. The van der Waals surface area contributed by atoms with E-state index in [0.717, 1.165) is 23.7 Å². The minimum absolute atomic E-state index is 0.0238. The standard InChI is InChI=1S/C21H18N2OS2/c1-25-15-9-6-14(7-10-15)20-17-11-8-13-4-2-3-5-16(13)19(17)22-21-23(20)18(24)12-26-21/h2-7,9-10,20H,8,11-12H2,1H3/t20-/m0/s1. The highest BCUT2D eigenvalue weighted by Gasteiger charge is 2.42. The molecular weight excluding hydrogens is 360 g/mol. The number of carbonyl (C=O) groups is 1. The van der Waals surface area contributed by atoms with Crippen molar-refractivity contribution < 1.29 is 4.79 Å². The quantitative estimate of drug-likeness (QED) is 0.707. The number of aryl methyl sites for hydroxylation is 1. The van der Waals surface area contributed by atoms with E-state index in [9.17, 15) is 4.79 Å². The molecule has 0 saturated carbocycles. The molecule has 130 valence electrons. The fraction of sp³-hybridized carbons (Fsp3) is 0.238. The number of benzene rings is 2. The predicted octanol–water partition coefficient (Wildman–Crippen LogP) is 4.75. The van der Waals surface area contributed by atoms with Crippen LogP contribution in [-0.2, 0) is 11.2 Å². The summed E-state index contributed by atoms with van der Waals surface area (Å²) in [7, 11) is 0. The Morgan fingerprint density at radius 2 is 1.92 bits per heavy atom. The van der Waals surface area contributed by atoms with Crippen molar-refractivity contribution in [2.45, 2.75) is 23.8 Å². The van der Waals surface area contributed by atoms with E-state index in [2.05, 4.69) is 54.8 Å². The number of hydrogen-bond acceptors (Lipinski definition) is 4. The van der Waals surface area contributed by atoms with Gasteiger partial charge in [-0.2, -0.15) is 0 Å². The number of aliphatic imine (C=N–C) groups is 1. The summed E-state index contributed by atoms with van der Waals surface area (Å²) in [5, 5.41) is 0.851. The SMILES string of the molecule is CSc1ccc([C@H]2C3=C(N=C4SCC(=O)N42)c2ccccc2CC3)cc1. The van der Waals surface area contributed by atoms with Crippen LogP contribution in [0.2, 0.25) is 0 Å². The monoisotopic (exact) mass is 378 g/mol. The molecule has 2 heterocycles. The number of nitrogens with zero attached hydrogens (tertiary/aromatic N) is 2. The molecule has 0 N–H and O–H groups in total. The number of fused-ring (bicyclic) bond motifs is 3. The molecule has 2 aliphatic heterocycles. The van der Waals surface area contributed by atoms with Gasteiger partial charge in [0.15, 0.2) is 5.17 Å². The molecule has 2 aromatic rings. The van der Waals surface area contributed by atoms with Gasteiger partial charge in [-0.1, -0.05) is 48.2 Å². The van der Waals surface area contributed by atoms with Crippen LogP contribution in [0.3, 0.4) is 0 Å². The molecule has 1 amide bonds. The maximum atomic E-state index is 12.6. The van der Waals surface area contributed by atoms with E-state index >= 15 is 0 Å².